The van der Waals surface area contributed by atoms with Gasteiger partial charge in [0.25, 0.3) is 0 Å². The zero-order valence-corrected chi connectivity index (χ0v) is 13.4. The summed E-state index contributed by atoms with van der Waals surface area (Å²) in [4.78, 5) is 2.36. The fourth-order valence-corrected chi connectivity index (χ4v) is 3.43. The number of rotatable bonds is 3. The Hall–Kier alpha value is -1.45. The smallest absolute Gasteiger partial charge is 0.133 e. The van der Waals surface area contributed by atoms with Crippen LogP contribution in [-0.2, 0) is 0 Å². The van der Waals surface area contributed by atoms with Crippen molar-refractivity contribution < 1.29 is 4.74 Å². The maximum atomic E-state index is 5.52. The Labute approximate surface area is 131 Å². The second kappa shape index (κ2) is 5.90. The predicted molar refractivity (Wildman–Crippen MR) is 88.8 cm³/mol. The Morgan fingerprint density at radius 2 is 1.65 bits per heavy atom. The van der Waals surface area contributed by atoms with Crippen LogP contribution in [0.2, 0.25) is 0 Å². The Balaban J connectivity index is 2.11. The van der Waals surface area contributed by atoms with E-state index in [1.54, 1.807) is 18.9 Å². The van der Waals surface area contributed by atoms with Crippen molar-refractivity contribution >= 4 is 38.5 Å². The highest BCUT2D eigenvalue weighted by Gasteiger charge is 2.09. The molecule has 0 amide bonds. The summed E-state index contributed by atoms with van der Waals surface area (Å²) in [5, 5.41) is 2.45. The van der Waals surface area contributed by atoms with Crippen LogP contribution in [0.4, 0.5) is 0 Å². The lowest BCUT2D eigenvalue weighted by Gasteiger charge is -2.11. The number of benzene rings is 3. The summed E-state index contributed by atoms with van der Waals surface area (Å²) < 4.78 is 6.61. The minimum absolute atomic E-state index is 0.914. The molecule has 0 aliphatic carbocycles. The highest BCUT2D eigenvalue weighted by atomic mass is 79.9. The zero-order chi connectivity index (χ0) is 13.9. The van der Waals surface area contributed by atoms with Crippen molar-refractivity contribution in [2.45, 2.75) is 9.79 Å². The van der Waals surface area contributed by atoms with Crippen molar-refractivity contribution in [3.63, 3.8) is 0 Å². The van der Waals surface area contributed by atoms with E-state index >= 15 is 0 Å². The maximum absolute atomic E-state index is 5.52. The summed E-state index contributed by atoms with van der Waals surface area (Å²) in [6, 6.07) is 20.8. The summed E-state index contributed by atoms with van der Waals surface area (Å²) >= 11 is 5.20. The highest BCUT2D eigenvalue weighted by Crippen LogP contribution is 2.40. The van der Waals surface area contributed by atoms with Crippen molar-refractivity contribution in [3.8, 4) is 5.75 Å². The molecule has 0 N–H and O–H groups in total. The third-order valence-corrected chi connectivity index (χ3v) is 4.76. The summed E-state index contributed by atoms with van der Waals surface area (Å²) in [5.74, 6) is 0.914. The fraction of sp³-hybridized carbons (Fsp3) is 0.0588. The van der Waals surface area contributed by atoms with Crippen LogP contribution in [0.5, 0.6) is 5.75 Å². The van der Waals surface area contributed by atoms with Gasteiger partial charge in [0, 0.05) is 9.37 Å². The lowest BCUT2D eigenvalue weighted by Crippen LogP contribution is -1.87. The molecule has 0 radical (unpaired) electrons. The molecule has 1 nitrogen and oxygen atoms in total. The van der Waals surface area contributed by atoms with Gasteiger partial charge < -0.3 is 4.74 Å². The van der Waals surface area contributed by atoms with Gasteiger partial charge in [0.2, 0.25) is 0 Å². The molecule has 0 aliphatic heterocycles. The number of ether oxygens (including phenoxy) is 1. The molecule has 0 bridgehead atoms. The van der Waals surface area contributed by atoms with Gasteiger partial charge in [-0.25, -0.2) is 0 Å². The summed E-state index contributed by atoms with van der Waals surface area (Å²) in [7, 11) is 1.72. The van der Waals surface area contributed by atoms with Gasteiger partial charge in [0.15, 0.2) is 0 Å². The van der Waals surface area contributed by atoms with E-state index in [-0.39, 0.29) is 0 Å². The molecule has 0 aliphatic rings. The van der Waals surface area contributed by atoms with Crippen LogP contribution in [0.15, 0.2) is 74.9 Å². The van der Waals surface area contributed by atoms with Gasteiger partial charge in [-0.15, -0.1) is 0 Å². The molecule has 0 aromatic heterocycles. The maximum Gasteiger partial charge on any atom is 0.133 e. The molecule has 3 aromatic carbocycles. The number of hydrogen-bond acceptors (Lipinski definition) is 2. The van der Waals surface area contributed by atoms with Crippen LogP contribution in [0, 0.1) is 0 Å². The summed E-state index contributed by atoms with van der Waals surface area (Å²) in [5.41, 5.74) is 0. The van der Waals surface area contributed by atoms with Gasteiger partial charge in [-0.2, -0.15) is 0 Å². The fourth-order valence-electron chi connectivity index (χ4n) is 2.11. The molecule has 0 fully saturated rings. The van der Waals surface area contributed by atoms with E-state index in [0.29, 0.717) is 0 Å². The standard InChI is InChI=1S/C17H13BrOS/c1-19-16-11-6-12-4-2-3-5-15(12)17(16)20-14-9-7-13(18)8-10-14/h2-11H,1H3. The lowest BCUT2D eigenvalue weighted by molar-refractivity contribution is 0.406. The van der Waals surface area contributed by atoms with Crippen molar-refractivity contribution in [2.75, 3.05) is 7.11 Å². The molecular formula is C17H13BrOS. The Morgan fingerprint density at radius 1 is 0.900 bits per heavy atom. The van der Waals surface area contributed by atoms with Gasteiger partial charge in [0.05, 0.1) is 12.0 Å². The van der Waals surface area contributed by atoms with Crippen molar-refractivity contribution in [3.05, 3.63) is 65.1 Å². The van der Waals surface area contributed by atoms with Crippen LogP contribution >= 0.6 is 27.7 Å². The molecule has 0 spiro atoms. The van der Waals surface area contributed by atoms with E-state index in [2.05, 4.69) is 70.5 Å². The van der Waals surface area contributed by atoms with Crippen LogP contribution in [-0.4, -0.2) is 7.11 Å². The predicted octanol–water partition coefficient (Wildman–Crippen LogP) is 5.76. The minimum Gasteiger partial charge on any atom is -0.496 e. The molecule has 3 heteroatoms. The molecule has 0 saturated carbocycles. The molecule has 3 rings (SSSR count). The molecule has 0 heterocycles. The number of halogens is 1. The average molecular weight is 345 g/mol. The Bertz CT molecular complexity index is 738. The average Bonchev–Trinajstić information content (AvgIpc) is 2.50. The zero-order valence-electron chi connectivity index (χ0n) is 11.0. The first kappa shape index (κ1) is 13.5. The van der Waals surface area contributed by atoms with Crippen molar-refractivity contribution in [1.29, 1.82) is 0 Å². The lowest BCUT2D eigenvalue weighted by atomic mass is 10.1. The molecule has 0 unspecified atom stereocenters. The first-order valence-electron chi connectivity index (χ1n) is 6.27. The monoisotopic (exact) mass is 344 g/mol. The number of methoxy groups -OCH3 is 1. The largest absolute Gasteiger partial charge is 0.496 e. The minimum atomic E-state index is 0.914. The van der Waals surface area contributed by atoms with Crippen LogP contribution in [0.3, 0.4) is 0 Å². The quantitative estimate of drug-likeness (QED) is 0.597. The summed E-state index contributed by atoms with van der Waals surface area (Å²) in [6.07, 6.45) is 0. The SMILES string of the molecule is COc1ccc2ccccc2c1Sc1ccc(Br)cc1. The van der Waals surface area contributed by atoms with Gasteiger partial charge >= 0.3 is 0 Å². The third-order valence-electron chi connectivity index (χ3n) is 3.10. The molecule has 0 saturated heterocycles. The van der Waals surface area contributed by atoms with Crippen molar-refractivity contribution in [1.82, 2.24) is 0 Å². The molecule has 100 valence electrons. The second-order valence-electron chi connectivity index (χ2n) is 4.37. The van der Waals surface area contributed by atoms with Crippen LogP contribution < -0.4 is 4.74 Å². The summed E-state index contributed by atoms with van der Waals surface area (Å²) in [6.45, 7) is 0. The van der Waals surface area contributed by atoms with E-state index in [4.69, 9.17) is 4.74 Å². The van der Waals surface area contributed by atoms with Gasteiger partial charge in [-0.3, -0.25) is 0 Å². The van der Waals surface area contributed by atoms with Gasteiger partial charge in [-0.05, 0) is 41.1 Å². The Kier molecular flexibility index (Phi) is 3.99. The Morgan fingerprint density at radius 3 is 2.40 bits per heavy atom. The molecular weight excluding hydrogens is 332 g/mol. The number of hydrogen-bond donors (Lipinski definition) is 0. The second-order valence-corrected chi connectivity index (χ2v) is 6.37. The topological polar surface area (TPSA) is 9.23 Å². The van der Waals surface area contributed by atoms with Crippen LogP contribution in [0.1, 0.15) is 0 Å². The molecule has 20 heavy (non-hydrogen) atoms. The van der Waals surface area contributed by atoms with Gasteiger partial charge in [0.1, 0.15) is 5.75 Å². The van der Waals surface area contributed by atoms with E-state index < -0.39 is 0 Å². The first-order valence-corrected chi connectivity index (χ1v) is 7.88. The molecule has 3 aromatic rings. The normalized spacial score (nSPS) is 10.7. The molecule has 0 atom stereocenters. The first-order chi connectivity index (χ1) is 9.78. The van der Waals surface area contributed by atoms with E-state index in [1.165, 1.54) is 15.7 Å². The highest BCUT2D eigenvalue weighted by molar-refractivity contribution is 9.10. The van der Waals surface area contributed by atoms with Crippen molar-refractivity contribution in [2.24, 2.45) is 0 Å². The van der Waals surface area contributed by atoms with E-state index in [9.17, 15) is 0 Å². The number of fused-ring (bicyclic) bond motifs is 1. The van der Waals surface area contributed by atoms with Crippen LogP contribution in [0.25, 0.3) is 10.8 Å². The third kappa shape index (κ3) is 2.69. The van der Waals surface area contributed by atoms with Gasteiger partial charge in [-0.1, -0.05) is 58.0 Å². The van der Waals surface area contributed by atoms with E-state index in [0.717, 1.165) is 15.1 Å². The van der Waals surface area contributed by atoms with E-state index in [1.807, 2.05) is 6.07 Å².